The van der Waals surface area contributed by atoms with Gasteiger partial charge in [-0.3, -0.25) is 0 Å². The second-order valence-electron chi connectivity index (χ2n) is 5.45. The van der Waals surface area contributed by atoms with E-state index in [1.807, 2.05) is 17.8 Å². The normalized spacial score (nSPS) is 12.7. The Kier molecular flexibility index (Phi) is 3.75. The van der Waals surface area contributed by atoms with Gasteiger partial charge in [-0.15, -0.1) is 0 Å². The van der Waals surface area contributed by atoms with Crippen LogP contribution in [0.3, 0.4) is 0 Å². The van der Waals surface area contributed by atoms with Crippen LogP contribution in [-0.4, -0.2) is 16.5 Å². The minimum Gasteiger partial charge on any atom is -0.339 e. The van der Waals surface area contributed by atoms with Crippen molar-refractivity contribution in [3.63, 3.8) is 0 Å². The van der Waals surface area contributed by atoms with Crippen LogP contribution >= 0.6 is 11.8 Å². The average molecular weight is 319 g/mol. The lowest BCUT2D eigenvalue weighted by molar-refractivity contribution is 0.866. The van der Waals surface area contributed by atoms with E-state index in [9.17, 15) is 0 Å². The number of anilines is 2. The molecule has 2 heterocycles. The summed E-state index contributed by atoms with van der Waals surface area (Å²) in [6, 6.07) is 16.8. The second-order valence-corrected chi connectivity index (χ2v) is 6.53. The standard InChI is InChI=1S/C19H17N3S/c1-2-13-22-15-8-3-4-9-16(15)23-17-10-5-7-14(18(17)22)19-20-11-6-12-21-19/h3-12H,2,13H2,1H3. The molecule has 0 unspecified atom stereocenters. The number of hydrogen-bond acceptors (Lipinski definition) is 4. The number of nitrogens with zero attached hydrogens (tertiary/aromatic N) is 3. The lowest BCUT2D eigenvalue weighted by atomic mass is 10.1. The van der Waals surface area contributed by atoms with Crippen molar-refractivity contribution >= 4 is 23.1 Å². The summed E-state index contributed by atoms with van der Waals surface area (Å²) in [5.41, 5.74) is 3.60. The van der Waals surface area contributed by atoms with E-state index in [1.54, 1.807) is 12.4 Å². The van der Waals surface area contributed by atoms with Crippen molar-refractivity contribution in [1.29, 1.82) is 0 Å². The maximum atomic E-state index is 4.46. The van der Waals surface area contributed by atoms with Crippen LogP contribution in [0.2, 0.25) is 0 Å². The maximum Gasteiger partial charge on any atom is 0.161 e. The summed E-state index contributed by atoms with van der Waals surface area (Å²) in [4.78, 5) is 13.9. The monoisotopic (exact) mass is 319 g/mol. The van der Waals surface area contributed by atoms with Crippen LogP contribution in [0.5, 0.6) is 0 Å². The molecule has 3 nitrogen and oxygen atoms in total. The SMILES string of the molecule is CCCN1c2ccccc2Sc2cccc(-c3ncccn3)c21. The molecule has 0 aliphatic carbocycles. The minimum atomic E-state index is 0.783. The second kappa shape index (κ2) is 6.05. The molecule has 0 saturated carbocycles. The lowest BCUT2D eigenvalue weighted by Gasteiger charge is -2.34. The van der Waals surface area contributed by atoms with E-state index in [1.165, 1.54) is 21.2 Å². The van der Waals surface area contributed by atoms with Crippen LogP contribution in [0.1, 0.15) is 13.3 Å². The minimum absolute atomic E-state index is 0.783. The van der Waals surface area contributed by atoms with E-state index in [0.29, 0.717) is 0 Å². The molecular weight excluding hydrogens is 302 g/mol. The first kappa shape index (κ1) is 14.3. The summed E-state index contributed by atoms with van der Waals surface area (Å²) in [5, 5.41) is 0. The summed E-state index contributed by atoms with van der Waals surface area (Å²) in [7, 11) is 0. The molecule has 1 aromatic heterocycles. The highest BCUT2D eigenvalue weighted by Gasteiger charge is 2.26. The van der Waals surface area contributed by atoms with E-state index < -0.39 is 0 Å². The van der Waals surface area contributed by atoms with Crippen molar-refractivity contribution in [1.82, 2.24) is 9.97 Å². The molecule has 114 valence electrons. The molecule has 0 N–H and O–H groups in total. The largest absolute Gasteiger partial charge is 0.339 e. The fraction of sp³-hybridized carbons (Fsp3) is 0.158. The van der Waals surface area contributed by atoms with Crippen molar-refractivity contribution in [3.8, 4) is 11.4 Å². The smallest absolute Gasteiger partial charge is 0.161 e. The van der Waals surface area contributed by atoms with Gasteiger partial charge in [0.15, 0.2) is 5.82 Å². The van der Waals surface area contributed by atoms with Gasteiger partial charge in [-0.1, -0.05) is 36.9 Å². The quantitative estimate of drug-likeness (QED) is 0.667. The molecule has 3 aromatic rings. The molecule has 4 rings (SSSR count). The van der Waals surface area contributed by atoms with Crippen molar-refractivity contribution in [2.45, 2.75) is 23.1 Å². The Morgan fingerprint density at radius 1 is 0.913 bits per heavy atom. The maximum absolute atomic E-state index is 4.46. The van der Waals surface area contributed by atoms with E-state index in [0.717, 1.165) is 24.4 Å². The van der Waals surface area contributed by atoms with Gasteiger partial charge in [-0.2, -0.15) is 0 Å². The van der Waals surface area contributed by atoms with Gasteiger partial charge in [0.1, 0.15) is 0 Å². The Hall–Kier alpha value is -2.33. The summed E-state index contributed by atoms with van der Waals surface area (Å²) >= 11 is 1.82. The molecular formula is C19H17N3S. The number of hydrogen-bond donors (Lipinski definition) is 0. The molecule has 4 heteroatoms. The van der Waals surface area contributed by atoms with Gasteiger partial charge in [-0.05, 0) is 36.8 Å². The molecule has 2 aromatic carbocycles. The van der Waals surface area contributed by atoms with Crippen molar-refractivity contribution in [2.24, 2.45) is 0 Å². The van der Waals surface area contributed by atoms with Gasteiger partial charge in [-0.25, -0.2) is 9.97 Å². The fourth-order valence-corrected chi connectivity index (χ4v) is 4.09. The lowest BCUT2D eigenvalue weighted by Crippen LogP contribution is -2.22. The van der Waals surface area contributed by atoms with Gasteiger partial charge in [0.2, 0.25) is 0 Å². The predicted molar refractivity (Wildman–Crippen MR) is 95.3 cm³/mol. The Bertz CT molecular complexity index is 833. The first-order valence-corrected chi connectivity index (χ1v) is 8.65. The molecule has 0 radical (unpaired) electrons. The van der Waals surface area contributed by atoms with Gasteiger partial charge >= 0.3 is 0 Å². The third-order valence-electron chi connectivity index (χ3n) is 3.90. The fourth-order valence-electron chi connectivity index (χ4n) is 2.96. The average Bonchev–Trinajstić information content (AvgIpc) is 2.62. The summed E-state index contributed by atoms with van der Waals surface area (Å²) in [5.74, 6) is 0.783. The molecule has 0 spiro atoms. The van der Waals surface area contributed by atoms with Gasteiger partial charge in [0.05, 0.1) is 11.4 Å². The third kappa shape index (κ3) is 2.49. The van der Waals surface area contributed by atoms with Crippen molar-refractivity contribution in [2.75, 3.05) is 11.4 Å². The Morgan fingerprint density at radius 3 is 2.52 bits per heavy atom. The highest BCUT2D eigenvalue weighted by Crippen LogP contribution is 2.51. The van der Waals surface area contributed by atoms with Crippen molar-refractivity contribution < 1.29 is 0 Å². The van der Waals surface area contributed by atoms with E-state index in [2.05, 4.69) is 64.3 Å². The number of para-hydroxylation sites is 2. The van der Waals surface area contributed by atoms with Crippen LogP contribution in [0.25, 0.3) is 11.4 Å². The zero-order valence-electron chi connectivity index (χ0n) is 12.9. The summed E-state index contributed by atoms with van der Waals surface area (Å²) in [6.45, 7) is 3.19. The molecule has 0 fully saturated rings. The molecule has 0 bridgehead atoms. The number of rotatable bonds is 3. The van der Waals surface area contributed by atoms with Crippen LogP contribution in [0, 0.1) is 0 Å². The third-order valence-corrected chi connectivity index (χ3v) is 5.01. The zero-order chi connectivity index (χ0) is 15.6. The van der Waals surface area contributed by atoms with Crippen LogP contribution in [-0.2, 0) is 0 Å². The molecule has 0 atom stereocenters. The van der Waals surface area contributed by atoms with Gasteiger partial charge in [0, 0.05) is 34.3 Å². The van der Waals surface area contributed by atoms with Gasteiger partial charge < -0.3 is 4.90 Å². The molecule has 1 aliphatic heterocycles. The predicted octanol–water partition coefficient (Wildman–Crippen LogP) is 5.16. The van der Waals surface area contributed by atoms with E-state index >= 15 is 0 Å². The van der Waals surface area contributed by atoms with Crippen LogP contribution in [0.15, 0.2) is 70.7 Å². The van der Waals surface area contributed by atoms with Crippen LogP contribution in [0.4, 0.5) is 11.4 Å². The Balaban J connectivity index is 1.93. The number of aromatic nitrogens is 2. The zero-order valence-corrected chi connectivity index (χ0v) is 13.8. The molecule has 1 aliphatic rings. The Labute approximate surface area is 140 Å². The van der Waals surface area contributed by atoms with Crippen LogP contribution < -0.4 is 4.90 Å². The summed E-state index contributed by atoms with van der Waals surface area (Å²) < 4.78 is 0. The summed E-state index contributed by atoms with van der Waals surface area (Å²) in [6.07, 6.45) is 4.69. The number of fused-ring (bicyclic) bond motifs is 2. The van der Waals surface area contributed by atoms with Crippen molar-refractivity contribution in [3.05, 3.63) is 60.9 Å². The highest BCUT2D eigenvalue weighted by atomic mass is 32.2. The molecule has 23 heavy (non-hydrogen) atoms. The van der Waals surface area contributed by atoms with Gasteiger partial charge in [0.25, 0.3) is 0 Å². The molecule has 0 saturated heterocycles. The molecule has 0 amide bonds. The van der Waals surface area contributed by atoms with E-state index in [-0.39, 0.29) is 0 Å². The first-order chi connectivity index (χ1) is 11.4. The highest BCUT2D eigenvalue weighted by molar-refractivity contribution is 7.99. The Morgan fingerprint density at radius 2 is 1.70 bits per heavy atom. The topological polar surface area (TPSA) is 29.0 Å². The number of benzene rings is 2. The van der Waals surface area contributed by atoms with E-state index in [4.69, 9.17) is 0 Å². The first-order valence-electron chi connectivity index (χ1n) is 7.83.